The summed E-state index contributed by atoms with van der Waals surface area (Å²) in [6, 6.07) is -0.713. The van der Waals surface area contributed by atoms with Gasteiger partial charge in [-0.1, -0.05) is 26.5 Å². The number of nitrogens with two attached hydrogens (primary N) is 1. The van der Waals surface area contributed by atoms with Crippen LogP contribution in [0.3, 0.4) is 0 Å². The van der Waals surface area contributed by atoms with Gasteiger partial charge < -0.3 is 10.8 Å². The average molecular weight is 176 g/mol. The molecule has 0 rings (SSSR count). The predicted molar refractivity (Wildman–Crippen MR) is 45.0 cm³/mol. The number of rotatable bonds is 2. The molecule has 0 heterocycles. The fourth-order valence-electron chi connectivity index (χ4n) is 0.285. The molecule has 0 fully saturated rings. The molecule has 0 spiro atoms. The molecule has 4 nitrogen and oxygen atoms in total. The third-order valence-electron chi connectivity index (χ3n) is 1.00. The number of nitriles is 1. The molecule has 0 aliphatic carbocycles. The van der Waals surface area contributed by atoms with Crippen molar-refractivity contribution in [2.75, 3.05) is 0 Å². The molecule has 0 amide bonds. The normalized spacial score (nSPS) is 10.9. The number of carbonyl (C=O) groups is 1. The molecule has 0 unspecified atom stereocenters. The molecule has 3 N–H and O–H groups in total. The van der Waals surface area contributed by atoms with E-state index in [0.29, 0.717) is 0 Å². The molecule has 64 valence electrons. The van der Waals surface area contributed by atoms with E-state index in [2.05, 4.69) is 12.6 Å². The van der Waals surface area contributed by atoms with Crippen molar-refractivity contribution in [3.05, 3.63) is 0 Å². The summed E-state index contributed by atoms with van der Waals surface area (Å²) < 4.78 is 0. The highest BCUT2D eigenvalue weighted by Crippen LogP contribution is 1.96. The van der Waals surface area contributed by atoms with Crippen molar-refractivity contribution in [1.82, 2.24) is 0 Å². The molecular formula is C6H12N2O2S. The fraction of sp³-hybridized carbons (Fsp3) is 0.667. The minimum absolute atomic E-state index is 0.0208. The van der Waals surface area contributed by atoms with E-state index in [1.807, 2.05) is 0 Å². The lowest BCUT2D eigenvalue weighted by molar-refractivity contribution is -0.139. The maximum Gasteiger partial charge on any atom is 0.320 e. The van der Waals surface area contributed by atoms with Gasteiger partial charge in [-0.05, 0) is 5.92 Å². The lowest BCUT2D eigenvalue weighted by atomic mass is 10.1. The Labute approximate surface area is 71.4 Å². The minimum Gasteiger partial charge on any atom is -0.480 e. The highest BCUT2D eigenvalue weighted by molar-refractivity contribution is 7.85. The highest BCUT2D eigenvalue weighted by Gasteiger charge is 2.14. The van der Waals surface area contributed by atoms with Crippen molar-refractivity contribution in [2.24, 2.45) is 11.7 Å². The number of hydrogen-bond acceptors (Lipinski definition) is 4. The molecule has 0 radical (unpaired) electrons. The zero-order valence-electron chi connectivity index (χ0n) is 6.48. The number of thiol groups is 1. The highest BCUT2D eigenvalue weighted by atomic mass is 32.1. The average Bonchev–Trinajstić information content (AvgIpc) is 1.87. The Kier molecular flexibility index (Phi) is 8.65. The monoisotopic (exact) mass is 176 g/mol. The smallest absolute Gasteiger partial charge is 0.320 e. The molecule has 0 aliphatic rings. The first-order valence-electron chi connectivity index (χ1n) is 2.98. The van der Waals surface area contributed by atoms with Gasteiger partial charge in [0.2, 0.25) is 0 Å². The van der Waals surface area contributed by atoms with Crippen LogP contribution < -0.4 is 5.73 Å². The van der Waals surface area contributed by atoms with Crippen LogP contribution in [0, 0.1) is 16.6 Å². The van der Waals surface area contributed by atoms with Crippen LogP contribution in [-0.4, -0.2) is 17.1 Å². The van der Waals surface area contributed by atoms with Crippen molar-refractivity contribution in [3.63, 3.8) is 0 Å². The predicted octanol–water partition coefficient (Wildman–Crippen LogP) is 0.452. The Balaban J connectivity index is 0. The lowest BCUT2D eigenvalue weighted by Gasteiger charge is -2.07. The van der Waals surface area contributed by atoms with Crippen LogP contribution in [0.15, 0.2) is 0 Å². The molecule has 0 aliphatic heterocycles. The Morgan fingerprint density at radius 3 is 2.00 bits per heavy atom. The molecule has 11 heavy (non-hydrogen) atoms. The van der Waals surface area contributed by atoms with Gasteiger partial charge >= 0.3 is 5.97 Å². The topological polar surface area (TPSA) is 87.1 Å². The summed E-state index contributed by atoms with van der Waals surface area (Å²) in [6.07, 6.45) is 0. The lowest BCUT2D eigenvalue weighted by Crippen LogP contribution is -2.34. The van der Waals surface area contributed by atoms with Gasteiger partial charge in [-0.3, -0.25) is 4.79 Å². The van der Waals surface area contributed by atoms with Crippen LogP contribution in [0.2, 0.25) is 0 Å². The Morgan fingerprint density at radius 2 is 2.00 bits per heavy atom. The molecule has 0 aromatic rings. The summed E-state index contributed by atoms with van der Waals surface area (Å²) in [5.74, 6) is -0.910. The van der Waals surface area contributed by atoms with Crippen molar-refractivity contribution < 1.29 is 9.90 Å². The van der Waals surface area contributed by atoms with Crippen LogP contribution in [-0.2, 0) is 4.79 Å². The van der Waals surface area contributed by atoms with E-state index in [4.69, 9.17) is 16.1 Å². The van der Waals surface area contributed by atoms with Crippen molar-refractivity contribution >= 4 is 18.6 Å². The quantitative estimate of drug-likeness (QED) is 0.421. The molecule has 1 atom stereocenters. The van der Waals surface area contributed by atoms with Gasteiger partial charge in [-0.2, -0.15) is 5.26 Å². The van der Waals surface area contributed by atoms with E-state index in [1.54, 1.807) is 13.8 Å². The number of thiocyanates is 1. The zero-order chi connectivity index (χ0) is 9.44. The standard InChI is InChI=1S/C5H11NO2.CHNS/c1-3(2)4(6)5(7)8;2-1-3/h3-4H,6H2,1-2H3,(H,7,8);3H/t4-;/m0./s1. The summed E-state index contributed by atoms with van der Waals surface area (Å²) in [4.78, 5) is 10.0. The second kappa shape index (κ2) is 7.38. The van der Waals surface area contributed by atoms with Crippen LogP contribution in [0.4, 0.5) is 0 Å². The summed E-state index contributed by atoms with van der Waals surface area (Å²) in [7, 11) is 0. The summed E-state index contributed by atoms with van der Waals surface area (Å²) >= 11 is 3.09. The molecule has 0 saturated heterocycles. The summed E-state index contributed by atoms with van der Waals surface area (Å²) in [5.41, 5.74) is 5.16. The zero-order valence-corrected chi connectivity index (χ0v) is 7.38. The maximum atomic E-state index is 10.0. The van der Waals surface area contributed by atoms with E-state index in [9.17, 15) is 4.79 Å². The van der Waals surface area contributed by atoms with Crippen LogP contribution in [0.25, 0.3) is 0 Å². The first-order valence-corrected chi connectivity index (χ1v) is 3.43. The maximum absolute atomic E-state index is 10.0. The van der Waals surface area contributed by atoms with Gasteiger partial charge in [0.1, 0.15) is 11.4 Å². The van der Waals surface area contributed by atoms with Crippen molar-refractivity contribution in [2.45, 2.75) is 19.9 Å². The first-order chi connectivity index (χ1) is 4.97. The van der Waals surface area contributed by atoms with Gasteiger partial charge in [0, 0.05) is 0 Å². The van der Waals surface area contributed by atoms with Crippen molar-refractivity contribution in [3.8, 4) is 5.40 Å². The molecule has 5 heteroatoms. The number of carboxylic acid groups (broad SMARTS) is 1. The van der Waals surface area contributed by atoms with E-state index < -0.39 is 12.0 Å². The molecule has 0 aromatic carbocycles. The van der Waals surface area contributed by atoms with E-state index in [0.717, 1.165) is 0 Å². The minimum atomic E-state index is -0.931. The fourth-order valence-corrected chi connectivity index (χ4v) is 0.285. The van der Waals surface area contributed by atoms with E-state index in [1.165, 1.54) is 5.40 Å². The van der Waals surface area contributed by atoms with Crippen LogP contribution >= 0.6 is 12.6 Å². The van der Waals surface area contributed by atoms with Gasteiger partial charge in [-0.25, -0.2) is 0 Å². The molecule has 0 saturated carbocycles. The Hall–Kier alpha value is -0.730. The van der Waals surface area contributed by atoms with Gasteiger partial charge in [0.05, 0.1) is 0 Å². The third-order valence-corrected chi connectivity index (χ3v) is 1.00. The largest absolute Gasteiger partial charge is 0.480 e. The van der Waals surface area contributed by atoms with E-state index >= 15 is 0 Å². The van der Waals surface area contributed by atoms with Gasteiger partial charge in [-0.15, -0.1) is 0 Å². The second-order valence-electron chi connectivity index (χ2n) is 2.21. The SMILES string of the molecule is CC(C)[C@H](N)C(=O)O.N#CS. The van der Waals surface area contributed by atoms with Gasteiger partial charge in [0.25, 0.3) is 0 Å². The number of hydrogen-bond donors (Lipinski definition) is 3. The number of nitrogens with zero attached hydrogens (tertiary/aromatic N) is 1. The van der Waals surface area contributed by atoms with Gasteiger partial charge in [0.15, 0.2) is 0 Å². The Bertz CT molecular complexity index is 153. The Morgan fingerprint density at radius 1 is 1.73 bits per heavy atom. The number of carboxylic acids is 1. The third kappa shape index (κ3) is 9.27. The first kappa shape index (κ1) is 12.9. The van der Waals surface area contributed by atoms with Crippen LogP contribution in [0.5, 0.6) is 0 Å². The van der Waals surface area contributed by atoms with E-state index in [-0.39, 0.29) is 5.92 Å². The van der Waals surface area contributed by atoms with Crippen LogP contribution in [0.1, 0.15) is 13.8 Å². The summed E-state index contributed by atoms with van der Waals surface area (Å²) in [5, 5.41) is 16.9. The number of aliphatic carboxylic acids is 1. The second-order valence-corrected chi connectivity index (χ2v) is 2.41. The molecular weight excluding hydrogens is 164 g/mol. The molecule has 0 bridgehead atoms. The summed E-state index contributed by atoms with van der Waals surface area (Å²) in [6.45, 7) is 3.55. The molecule has 0 aromatic heterocycles. The van der Waals surface area contributed by atoms with Crippen molar-refractivity contribution in [1.29, 1.82) is 5.26 Å².